The monoisotopic (exact) mass is 381 g/mol. The van der Waals surface area contributed by atoms with E-state index in [4.69, 9.17) is 13.7 Å². The zero-order valence-electron chi connectivity index (χ0n) is 16.3. The van der Waals surface area contributed by atoms with Crippen molar-refractivity contribution in [3.05, 3.63) is 71.3 Å². The minimum absolute atomic E-state index is 0.158. The Kier molecular flexibility index (Phi) is 6.19. The van der Waals surface area contributed by atoms with Crippen LogP contribution in [0.2, 0.25) is 0 Å². The Hall–Kier alpha value is -2.44. The smallest absolute Gasteiger partial charge is 0.244 e. The van der Waals surface area contributed by atoms with Crippen molar-refractivity contribution >= 4 is 0 Å². The molecule has 0 saturated carbocycles. The Morgan fingerprint density at radius 1 is 1.14 bits per heavy atom. The zero-order chi connectivity index (χ0) is 19.2. The van der Waals surface area contributed by atoms with E-state index in [1.54, 1.807) is 0 Å². The second-order valence-corrected chi connectivity index (χ2v) is 7.33. The molecule has 1 fully saturated rings. The van der Waals surface area contributed by atoms with Crippen LogP contribution in [0.25, 0.3) is 0 Å². The van der Waals surface area contributed by atoms with Gasteiger partial charge >= 0.3 is 0 Å². The fraction of sp³-hybridized carbons (Fsp3) is 0.455. The number of benzene rings is 1. The van der Waals surface area contributed by atoms with E-state index in [9.17, 15) is 0 Å². The maximum atomic E-state index is 5.75. The number of likely N-dealkylation sites (tertiary alicyclic amines) is 1. The van der Waals surface area contributed by atoms with Crippen LogP contribution >= 0.6 is 0 Å². The number of hydrogen-bond acceptors (Lipinski definition) is 6. The molecule has 1 atom stereocenters. The molecule has 1 aliphatic heterocycles. The molecule has 0 amide bonds. The van der Waals surface area contributed by atoms with Crippen molar-refractivity contribution in [2.75, 3.05) is 13.2 Å². The van der Waals surface area contributed by atoms with Gasteiger partial charge in [0.25, 0.3) is 0 Å². The minimum atomic E-state index is 0.158. The van der Waals surface area contributed by atoms with Crippen molar-refractivity contribution in [1.82, 2.24) is 15.0 Å². The maximum Gasteiger partial charge on any atom is 0.244 e. The van der Waals surface area contributed by atoms with Gasteiger partial charge in [-0.05, 0) is 44.0 Å². The predicted octanol–water partition coefficient (Wildman–Crippen LogP) is 4.46. The number of hydrogen-bond donors (Lipinski definition) is 0. The summed E-state index contributed by atoms with van der Waals surface area (Å²) in [6.45, 7) is 4.94. The SMILES string of the molecule is Cc1ccc(CN2CCCCC2c2nc(CCOCc3ccccc3)no2)o1. The first-order valence-corrected chi connectivity index (χ1v) is 10.0. The van der Waals surface area contributed by atoms with Gasteiger partial charge in [0.15, 0.2) is 5.82 Å². The van der Waals surface area contributed by atoms with Crippen LogP contribution in [0.15, 0.2) is 51.4 Å². The highest BCUT2D eigenvalue weighted by atomic mass is 16.5. The van der Waals surface area contributed by atoms with Crippen LogP contribution in [-0.2, 0) is 24.3 Å². The van der Waals surface area contributed by atoms with Crippen molar-refractivity contribution in [2.45, 2.75) is 51.8 Å². The quantitative estimate of drug-likeness (QED) is 0.537. The highest BCUT2D eigenvalue weighted by molar-refractivity contribution is 5.13. The van der Waals surface area contributed by atoms with Gasteiger partial charge in [-0.2, -0.15) is 4.98 Å². The van der Waals surface area contributed by atoms with Crippen LogP contribution in [0.3, 0.4) is 0 Å². The molecule has 28 heavy (non-hydrogen) atoms. The van der Waals surface area contributed by atoms with Crippen LogP contribution in [0.5, 0.6) is 0 Å². The van der Waals surface area contributed by atoms with Crippen molar-refractivity contribution in [3.63, 3.8) is 0 Å². The zero-order valence-corrected chi connectivity index (χ0v) is 16.3. The molecule has 3 aromatic rings. The molecule has 1 aromatic carbocycles. The van der Waals surface area contributed by atoms with Crippen molar-refractivity contribution in [3.8, 4) is 0 Å². The van der Waals surface area contributed by atoms with Gasteiger partial charge in [-0.3, -0.25) is 4.90 Å². The average molecular weight is 381 g/mol. The van der Waals surface area contributed by atoms with Gasteiger partial charge in [-0.15, -0.1) is 0 Å². The van der Waals surface area contributed by atoms with Gasteiger partial charge in [0.2, 0.25) is 5.89 Å². The van der Waals surface area contributed by atoms with Gasteiger partial charge in [-0.1, -0.05) is 41.9 Å². The number of rotatable bonds is 8. The number of ether oxygens (including phenoxy) is 1. The number of nitrogens with zero attached hydrogens (tertiary/aromatic N) is 3. The van der Waals surface area contributed by atoms with Crippen molar-refractivity contribution < 1.29 is 13.7 Å². The highest BCUT2D eigenvalue weighted by Gasteiger charge is 2.29. The molecule has 148 valence electrons. The molecule has 1 aliphatic rings. The van der Waals surface area contributed by atoms with E-state index < -0.39 is 0 Å². The molecule has 3 heterocycles. The second kappa shape index (κ2) is 9.17. The molecular weight excluding hydrogens is 354 g/mol. The summed E-state index contributed by atoms with van der Waals surface area (Å²) in [6.07, 6.45) is 4.05. The van der Waals surface area contributed by atoms with Crippen molar-refractivity contribution in [1.29, 1.82) is 0 Å². The summed E-state index contributed by atoms with van der Waals surface area (Å²) in [5.74, 6) is 3.35. The molecular formula is C22H27N3O3. The Balaban J connectivity index is 1.31. The van der Waals surface area contributed by atoms with Gasteiger partial charge in [0.1, 0.15) is 11.5 Å². The number of piperidine rings is 1. The predicted molar refractivity (Wildman–Crippen MR) is 105 cm³/mol. The molecule has 0 aliphatic carbocycles. The molecule has 6 heteroatoms. The molecule has 4 rings (SSSR count). The lowest BCUT2D eigenvalue weighted by atomic mass is 10.0. The third-order valence-corrected chi connectivity index (χ3v) is 5.12. The molecule has 0 radical (unpaired) electrons. The lowest BCUT2D eigenvalue weighted by Gasteiger charge is -2.32. The number of furan rings is 1. The van der Waals surface area contributed by atoms with Gasteiger partial charge in [0.05, 0.1) is 25.8 Å². The second-order valence-electron chi connectivity index (χ2n) is 7.33. The normalized spacial score (nSPS) is 17.8. The Labute approximate surface area is 165 Å². The average Bonchev–Trinajstić information content (AvgIpc) is 3.36. The molecule has 2 aromatic heterocycles. The molecule has 1 unspecified atom stereocenters. The van der Waals surface area contributed by atoms with E-state index >= 15 is 0 Å². The third-order valence-electron chi connectivity index (χ3n) is 5.12. The first kappa shape index (κ1) is 18.9. The lowest BCUT2D eigenvalue weighted by Crippen LogP contribution is -2.33. The van der Waals surface area contributed by atoms with Crippen LogP contribution in [-0.4, -0.2) is 28.2 Å². The molecule has 0 spiro atoms. The molecule has 0 N–H and O–H groups in total. The van der Waals surface area contributed by atoms with Crippen molar-refractivity contribution in [2.24, 2.45) is 0 Å². The van der Waals surface area contributed by atoms with Crippen LogP contribution in [0.4, 0.5) is 0 Å². The largest absolute Gasteiger partial charge is 0.465 e. The maximum absolute atomic E-state index is 5.75. The first-order chi connectivity index (χ1) is 13.8. The molecule has 1 saturated heterocycles. The number of aryl methyl sites for hydroxylation is 1. The van der Waals surface area contributed by atoms with Gasteiger partial charge in [-0.25, -0.2) is 0 Å². The van der Waals surface area contributed by atoms with Crippen LogP contribution < -0.4 is 0 Å². The van der Waals surface area contributed by atoms with Crippen LogP contribution in [0.1, 0.15) is 54.1 Å². The summed E-state index contributed by atoms with van der Waals surface area (Å²) in [6, 6.07) is 14.4. The Morgan fingerprint density at radius 3 is 2.86 bits per heavy atom. The van der Waals surface area contributed by atoms with E-state index in [-0.39, 0.29) is 6.04 Å². The summed E-state index contributed by atoms with van der Waals surface area (Å²) in [5.41, 5.74) is 1.17. The van der Waals surface area contributed by atoms with Crippen LogP contribution in [0, 0.1) is 6.92 Å². The topological polar surface area (TPSA) is 64.5 Å². The van der Waals surface area contributed by atoms with E-state index in [0.717, 1.165) is 31.0 Å². The summed E-state index contributed by atoms with van der Waals surface area (Å²) >= 11 is 0. The van der Waals surface area contributed by atoms with E-state index in [1.165, 1.54) is 18.4 Å². The van der Waals surface area contributed by atoms with Gasteiger partial charge < -0.3 is 13.7 Å². The Morgan fingerprint density at radius 2 is 2.04 bits per heavy atom. The van der Waals surface area contributed by atoms with E-state index in [1.807, 2.05) is 37.3 Å². The number of aromatic nitrogens is 2. The minimum Gasteiger partial charge on any atom is -0.465 e. The summed E-state index contributed by atoms with van der Waals surface area (Å²) < 4.78 is 17.1. The fourth-order valence-corrected chi connectivity index (χ4v) is 3.66. The lowest BCUT2D eigenvalue weighted by molar-refractivity contribution is 0.103. The highest BCUT2D eigenvalue weighted by Crippen LogP contribution is 2.31. The standard InChI is InChI=1S/C22H27N3O3/c1-17-10-11-19(27-17)15-25-13-6-5-9-20(25)22-23-21(24-28-22)12-14-26-16-18-7-3-2-4-8-18/h2-4,7-8,10-11,20H,5-6,9,12-16H2,1H3. The third kappa shape index (κ3) is 4.88. The fourth-order valence-electron chi connectivity index (χ4n) is 3.66. The molecule has 0 bridgehead atoms. The summed E-state index contributed by atoms with van der Waals surface area (Å²) in [5, 5.41) is 4.17. The first-order valence-electron chi connectivity index (χ1n) is 10.0. The summed E-state index contributed by atoms with van der Waals surface area (Å²) in [4.78, 5) is 7.03. The molecule has 6 nitrogen and oxygen atoms in total. The van der Waals surface area contributed by atoms with Gasteiger partial charge in [0, 0.05) is 6.42 Å². The van der Waals surface area contributed by atoms with E-state index in [2.05, 4.69) is 27.2 Å². The van der Waals surface area contributed by atoms with E-state index in [0.29, 0.717) is 31.3 Å². The Bertz CT molecular complexity index is 859. The summed E-state index contributed by atoms with van der Waals surface area (Å²) in [7, 11) is 0.